The molecule has 1 aliphatic heterocycles. The predicted octanol–water partition coefficient (Wildman–Crippen LogP) is 2.28. The van der Waals surface area contributed by atoms with E-state index in [1.165, 1.54) is 11.1 Å². The number of rotatable bonds is 5. The topological polar surface area (TPSA) is 31.4 Å². The molecule has 0 bridgehead atoms. The quantitative estimate of drug-likeness (QED) is 0.901. The number of pyridine rings is 1. The molecule has 2 rings (SSSR count). The number of likely N-dealkylation sites (N-methyl/N-ethyl adjacent to an activating group) is 1. The first kappa shape index (κ1) is 16.2. The predicted molar refractivity (Wildman–Crippen MR) is 89.8 cm³/mol. The van der Waals surface area contributed by atoms with E-state index in [-0.39, 0.29) is 0 Å². The number of nitrogens with zero attached hydrogens (tertiary/aromatic N) is 3. The Morgan fingerprint density at radius 3 is 2.76 bits per heavy atom. The second-order valence-electron chi connectivity index (χ2n) is 6.78. The van der Waals surface area contributed by atoms with Crippen molar-refractivity contribution in [2.45, 2.75) is 40.3 Å². The summed E-state index contributed by atoms with van der Waals surface area (Å²) in [5, 5.41) is 3.48. The maximum atomic E-state index is 4.73. The van der Waals surface area contributed by atoms with Gasteiger partial charge < -0.3 is 15.1 Å². The minimum Gasteiger partial charge on any atom is -0.354 e. The summed E-state index contributed by atoms with van der Waals surface area (Å²) in [6, 6.07) is 2.87. The largest absolute Gasteiger partial charge is 0.354 e. The van der Waals surface area contributed by atoms with Crippen LogP contribution >= 0.6 is 0 Å². The molecule has 0 amide bonds. The van der Waals surface area contributed by atoms with Gasteiger partial charge in [0, 0.05) is 38.4 Å². The van der Waals surface area contributed by atoms with Crippen molar-refractivity contribution in [2.24, 2.45) is 5.92 Å². The molecule has 118 valence electrons. The van der Waals surface area contributed by atoms with Crippen molar-refractivity contribution in [3.8, 4) is 0 Å². The fourth-order valence-corrected chi connectivity index (χ4v) is 2.80. The minimum absolute atomic E-state index is 0.590. The van der Waals surface area contributed by atoms with Gasteiger partial charge in [0.05, 0.1) is 0 Å². The molecule has 0 spiro atoms. The van der Waals surface area contributed by atoms with Crippen LogP contribution in [0.3, 0.4) is 0 Å². The van der Waals surface area contributed by atoms with Crippen LogP contribution in [0.2, 0.25) is 0 Å². The van der Waals surface area contributed by atoms with Gasteiger partial charge in [0.1, 0.15) is 5.82 Å². The zero-order valence-corrected chi connectivity index (χ0v) is 14.2. The molecule has 0 aromatic carbocycles. The second kappa shape index (κ2) is 7.23. The van der Waals surface area contributed by atoms with Crippen molar-refractivity contribution in [3.05, 3.63) is 23.4 Å². The SMILES string of the molecule is Cc1cc(CNCC(C)C)cnc1N1CCN(C)C(C)C1. The Kier molecular flexibility index (Phi) is 5.59. The first-order chi connectivity index (χ1) is 9.97. The monoisotopic (exact) mass is 290 g/mol. The van der Waals surface area contributed by atoms with Crippen molar-refractivity contribution in [1.82, 2.24) is 15.2 Å². The van der Waals surface area contributed by atoms with E-state index < -0.39 is 0 Å². The average Bonchev–Trinajstić information content (AvgIpc) is 2.42. The third-order valence-corrected chi connectivity index (χ3v) is 4.25. The molecule has 21 heavy (non-hydrogen) atoms. The van der Waals surface area contributed by atoms with Gasteiger partial charge in [-0.05, 0) is 50.6 Å². The fraction of sp³-hybridized carbons (Fsp3) is 0.706. The average molecular weight is 290 g/mol. The van der Waals surface area contributed by atoms with Crippen LogP contribution in [0, 0.1) is 12.8 Å². The van der Waals surface area contributed by atoms with Gasteiger partial charge in [-0.1, -0.05) is 13.8 Å². The lowest BCUT2D eigenvalue weighted by Gasteiger charge is -2.38. The summed E-state index contributed by atoms with van der Waals surface area (Å²) >= 11 is 0. The van der Waals surface area contributed by atoms with Gasteiger partial charge >= 0.3 is 0 Å². The molecule has 1 fully saturated rings. The second-order valence-corrected chi connectivity index (χ2v) is 6.78. The van der Waals surface area contributed by atoms with E-state index >= 15 is 0 Å². The van der Waals surface area contributed by atoms with Gasteiger partial charge in [0.25, 0.3) is 0 Å². The van der Waals surface area contributed by atoms with E-state index in [1.54, 1.807) is 0 Å². The standard InChI is InChI=1S/C17H30N4/c1-13(2)9-18-10-16-8-14(3)17(19-11-16)21-7-6-20(5)15(4)12-21/h8,11,13,15,18H,6-7,9-10,12H2,1-5H3. The fourth-order valence-electron chi connectivity index (χ4n) is 2.80. The molecular formula is C17H30N4. The summed E-state index contributed by atoms with van der Waals surface area (Å²) in [6.45, 7) is 14.1. The molecule has 1 aromatic rings. The normalized spacial score (nSPS) is 20.3. The van der Waals surface area contributed by atoms with Gasteiger partial charge in [0.15, 0.2) is 0 Å². The molecule has 1 unspecified atom stereocenters. The summed E-state index contributed by atoms with van der Waals surface area (Å²) in [5.41, 5.74) is 2.56. The van der Waals surface area contributed by atoms with E-state index in [0.29, 0.717) is 12.0 Å². The Bertz CT molecular complexity index is 458. The van der Waals surface area contributed by atoms with Gasteiger partial charge in [0.2, 0.25) is 0 Å². The van der Waals surface area contributed by atoms with Crippen molar-refractivity contribution < 1.29 is 0 Å². The van der Waals surface area contributed by atoms with Crippen molar-refractivity contribution in [2.75, 3.05) is 38.1 Å². The molecule has 4 nitrogen and oxygen atoms in total. The highest BCUT2D eigenvalue weighted by Crippen LogP contribution is 2.21. The van der Waals surface area contributed by atoms with Crippen LogP contribution in [0.15, 0.2) is 12.3 Å². The van der Waals surface area contributed by atoms with Crippen LogP contribution < -0.4 is 10.2 Å². The molecule has 0 radical (unpaired) electrons. The number of anilines is 1. The van der Waals surface area contributed by atoms with Gasteiger partial charge in [-0.3, -0.25) is 0 Å². The zero-order chi connectivity index (χ0) is 15.4. The van der Waals surface area contributed by atoms with Crippen LogP contribution in [0.1, 0.15) is 31.9 Å². The molecule has 4 heteroatoms. The molecule has 1 saturated heterocycles. The van der Waals surface area contributed by atoms with Crippen LogP contribution in [-0.2, 0) is 6.54 Å². The highest BCUT2D eigenvalue weighted by molar-refractivity contribution is 5.48. The van der Waals surface area contributed by atoms with E-state index in [1.807, 2.05) is 6.20 Å². The Balaban J connectivity index is 1.99. The zero-order valence-electron chi connectivity index (χ0n) is 14.2. The first-order valence-corrected chi connectivity index (χ1v) is 8.08. The molecule has 2 heterocycles. The number of piperazine rings is 1. The summed E-state index contributed by atoms with van der Waals surface area (Å²) < 4.78 is 0. The van der Waals surface area contributed by atoms with E-state index in [9.17, 15) is 0 Å². The summed E-state index contributed by atoms with van der Waals surface area (Å²) in [5.74, 6) is 1.84. The number of aryl methyl sites for hydroxylation is 1. The summed E-state index contributed by atoms with van der Waals surface area (Å²) in [6.07, 6.45) is 2.03. The van der Waals surface area contributed by atoms with Crippen LogP contribution in [0.4, 0.5) is 5.82 Å². The third-order valence-electron chi connectivity index (χ3n) is 4.25. The van der Waals surface area contributed by atoms with E-state index in [2.05, 4.69) is 55.9 Å². The lowest BCUT2D eigenvalue weighted by molar-refractivity contribution is 0.233. The Morgan fingerprint density at radius 1 is 1.38 bits per heavy atom. The first-order valence-electron chi connectivity index (χ1n) is 8.08. The lowest BCUT2D eigenvalue weighted by Crippen LogP contribution is -2.50. The highest BCUT2D eigenvalue weighted by atomic mass is 15.3. The van der Waals surface area contributed by atoms with E-state index in [4.69, 9.17) is 4.98 Å². The Hall–Kier alpha value is -1.13. The third kappa shape index (κ3) is 4.42. The summed E-state index contributed by atoms with van der Waals surface area (Å²) in [4.78, 5) is 9.56. The molecule has 0 aliphatic carbocycles. The summed E-state index contributed by atoms with van der Waals surface area (Å²) in [7, 11) is 2.20. The number of hydrogen-bond acceptors (Lipinski definition) is 4. The minimum atomic E-state index is 0.590. The van der Waals surface area contributed by atoms with Crippen molar-refractivity contribution in [3.63, 3.8) is 0 Å². The number of aromatic nitrogens is 1. The number of nitrogens with one attached hydrogen (secondary N) is 1. The van der Waals surface area contributed by atoms with Crippen LogP contribution in [0.25, 0.3) is 0 Å². The van der Waals surface area contributed by atoms with Crippen molar-refractivity contribution >= 4 is 5.82 Å². The molecule has 1 N–H and O–H groups in total. The highest BCUT2D eigenvalue weighted by Gasteiger charge is 2.22. The molecule has 1 aromatic heterocycles. The Morgan fingerprint density at radius 2 is 2.14 bits per heavy atom. The van der Waals surface area contributed by atoms with Gasteiger partial charge in [-0.15, -0.1) is 0 Å². The molecule has 1 atom stereocenters. The van der Waals surface area contributed by atoms with Crippen LogP contribution in [0.5, 0.6) is 0 Å². The van der Waals surface area contributed by atoms with Crippen molar-refractivity contribution in [1.29, 1.82) is 0 Å². The smallest absolute Gasteiger partial charge is 0.131 e. The molecule has 0 saturated carbocycles. The Labute approximate surface area is 129 Å². The molecule has 1 aliphatic rings. The maximum Gasteiger partial charge on any atom is 0.131 e. The van der Waals surface area contributed by atoms with Gasteiger partial charge in [-0.2, -0.15) is 0 Å². The molecular weight excluding hydrogens is 260 g/mol. The lowest BCUT2D eigenvalue weighted by atomic mass is 10.1. The number of hydrogen-bond donors (Lipinski definition) is 1. The van der Waals surface area contributed by atoms with Crippen LogP contribution in [-0.4, -0.2) is 49.2 Å². The maximum absolute atomic E-state index is 4.73. The van der Waals surface area contributed by atoms with E-state index in [0.717, 1.165) is 38.5 Å². The van der Waals surface area contributed by atoms with Gasteiger partial charge in [-0.25, -0.2) is 4.98 Å².